The minimum atomic E-state index is -2.91. The van der Waals surface area contributed by atoms with Gasteiger partial charge in [-0.1, -0.05) is 17.7 Å². The number of hydrogen-bond donors (Lipinski definition) is 2. The highest BCUT2D eigenvalue weighted by molar-refractivity contribution is 5.92. The first kappa shape index (κ1) is 21.1. The van der Waals surface area contributed by atoms with Crippen molar-refractivity contribution in [2.24, 2.45) is 0 Å². The summed E-state index contributed by atoms with van der Waals surface area (Å²) in [6.45, 7) is 0.856. The molecule has 148 valence electrons. The van der Waals surface area contributed by atoms with Crippen molar-refractivity contribution in [3.8, 4) is 5.75 Å². The number of hydrogen-bond acceptors (Lipinski definition) is 4. The van der Waals surface area contributed by atoms with Gasteiger partial charge >= 0.3 is 6.61 Å². The van der Waals surface area contributed by atoms with Crippen molar-refractivity contribution in [3.05, 3.63) is 47.3 Å². The van der Waals surface area contributed by atoms with Crippen molar-refractivity contribution < 1.29 is 18.3 Å². The molecule has 0 aliphatic carbocycles. The predicted molar refractivity (Wildman–Crippen MR) is 99.6 cm³/mol. The first-order valence-corrected chi connectivity index (χ1v) is 8.61. The van der Waals surface area contributed by atoms with E-state index in [1.54, 1.807) is 29.1 Å². The van der Waals surface area contributed by atoms with Crippen molar-refractivity contribution in [1.82, 2.24) is 20.4 Å². The molecular formula is C18H23ClF2N4O2. The fourth-order valence-corrected chi connectivity index (χ4v) is 3.05. The average molecular weight is 401 g/mol. The number of aryl methyl sites for hydroxylation is 1. The maximum atomic E-state index is 12.5. The number of piperidine rings is 1. The summed E-state index contributed by atoms with van der Waals surface area (Å²) in [5.41, 5.74) is 1.69. The van der Waals surface area contributed by atoms with Crippen LogP contribution in [0.15, 0.2) is 30.5 Å². The molecule has 1 saturated heterocycles. The number of benzene rings is 1. The van der Waals surface area contributed by atoms with Crippen LogP contribution >= 0.6 is 12.4 Å². The number of carbonyl (C=O) groups excluding carboxylic acids is 1. The molecule has 1 fully saturated rings. The molecule has 0 saturated carbocycles. The SMILES string of the molecule is Cc1ccc(OC(F)F)c(CNC(=O)c2ccn(C3CCCNC3)n2)c1.Cl. The van der Waals surface area contributed by atoms with Crippen LogP contribution in [0.5, 0.6) is 5.75 Å². The van der Waals surface area contributed by atoms with Gasteiger partial charge in [0.25, 0.3) is 5.91 Å². The molecular weight excluding hydrogens is 378 g/mol. The number of nitrogens with zero attached hydrogens (tertiary/aromatic N) is 2. The molecule has 1 amide bonds. The summed E-state index contributed by atoms with van der Waals surface area (Å²) < 4.78 is 31.3. The monoisotopic (exact) mass is 400 g/mol. The largest absolute Gasteiger partial charge is 0.434 e. The quantitative estimate of drug-likeness (QED) is 0.782. The lowest BCUT2D eigenvalue weighted by Gasteiger charge is -2.22. The summed E-state index contributed by atoms with van der Waals surface area (Å²) in [4.78, 5) is 12.3. The van der Waals surface area contributed by atoms with Gasteiger partial charge in [0.15, 0.2) is 0 Å². The maximum Gasteiger partial charge on any atom is 0.387 e. The van der Waals surface area contributed by atoms with Gasteiger partial charge in [0.05, 0.1) is 6.04 Å². The van der Waals surface area contributed by atoms with Crippen molar-refractivity contribution in [2.45, 2.75) is 39.0 Å². The van der Waals surface area contributed by atoms with Crippen molar-refractivity contribution >= 4 is 18.3 Å². The highest BCUT2D eigenvalue weighted by Gasteiger charge is 2.18. The van der Waals surface area contributed by atoms with Crippen LogP contribution in [0.4, 0.5) is 8.78 Å². The number of carbonyl (C=O) groups is 1. The highest BCUT2D eigenvalue weighted by Crippen LogP contribution is 2.22. The van der Waals surface area contributed by atoms with E-state index in [9.17, 15) is 13.6 Å². The summed E-state index contributed by atoms with van der Waals surface area (Å²) in [6.07, 6.45) is 3.89. The molecule has 0 radical (unpaired) electrons. The van der Waals surface area contributed by atoms with Crippen molar-refractivity contribution in [3.63, 3.8) is 0 Å². The predicted octanol–water partition coefficient (Wildman–Crippen LogP) is 3.07. The van der Waals surface area contributed by atoms with E-state index in [-0.39, 0.29) is 36.7 Å². The van der Waals surface area contributed by atoms with Gasteiger partial charge in [-0.2, -0.15) is 13.9 Å². The van der Waals surface area contributed by atoms with Crippen LogP contribution in [0.1, 0.15) is 40.5 Å². The molecule has 0 spiro atoms. The number of alkyl halides is 2. The second-order valence-corrected chi connectivity index (χ2v) is 6.35. The zero-order valence-corrected chi connectivity index (χ0v) is 15.8. The third-order valence-corrected chi connectivity index (χ3v) is 4.36. The van der Waals surface area contributed by atoms with Gasteiger partial charge in [-0.05, 0) is 38.4 Å². The summed E-state index contributed by atoms with van der Waals surface area (Å²) in [5, 5.41) is 10.4. The van der Waals surface area contributed by atoms with Gasteiger partial charge < -0.3 is 15.4 Å². The molecule has 1 unspecified atom stereocenters. The standard InChI is InChI=1S/C18H22F2N4O2.ClH/c1-12-4-5-16(26-18(19)20)13(9-12)10-22-17(25)15-6-8-24(23-15)14-3-2-7-21-11-14;/h4-6,8-9,14,18,21H,2-3,7,10-11H2,1H3,(H,22,25);1H. The fraction of sp³-hybridized carbons (Fsp3) is 0.444. The van der Waals surface area contributed by atoms with Gasteiger partial charge in [0.1, 0.15) is 11.4 Å². The zero-order chi connectivity index (χ0) is 18.5. The summed E-state index contributed by atoms with van der Waals surface area (Å²) in [6, 6.07) is 6.78. The van der Waals surface area contributed by atoms with E-state index in [0.717, 1.165) is 31.5 Å². The van der Waals surface area contributed by atoms with Crippen LogP contribution in [-0.4, -0.2) is 35.4 Å². The Balaban J connectivity index is 0.00000261. The molecule has 1 aromatic carbocycles. The third kappa shape index (κ3) is 5.64. The number of ether oxygens (including phenoxy) is 1. The van der Waals surface area contributed by atoms with Gasteiger partial charge in [-0.3, -0.25) is 9.48 Å². The van der Waals surface area contributed by atoms with E-state index in [4.69, 9.17) is 0 Å². The lowest BCUT2D eigenvalue weighted by atomic mass is 10.1. The molecule has 2 heterocycles. The topological polar surface area (TPSA) is 68.2 Å². The van der Waals surface area contributed by atoms with E-state index in [1.165, 1.54) is 6.07 Å². The number of amides is 1. The fourth-order valence-electron chi connectivity index (χ4n) is 3.05. The van der Waals surface area contributed by atoms with Crippen molar-refractivity contribution in [1.29, 1.82) is 0 Å². The lowest BCUT2D eigenvalue weighted by molar-refractivity contribution is -0.0504. The summed E-state index contributed by atoms with van der Waals surface area (Å²) in [7, 11) is 0. The maximum absolute atomic E-state index is 12.5. The number of aromatic nitrogens is 2. The lowest BCUT2D eigenvalue weighted by Crippen LogP contribution is -2.32. The molecule has 6 nitrogen and oxygen atoms in total. The van der Waals surface area contributed by atoms with Gasteiger partial charge in [-0.25, -0.2) is 0 Å². The molecule has 1 aromatic heterocycles. The Hall–Kier alpha value is -2.19. The van der Waals surface area contributed by atoms with E-state index < -0.39 is 6.61 Å². The van der Waals surface area contributed by atoms with Gasteiger partial charge in [0.2, 0.25) is 0 Å². The van der Waals surface area contributed by atoms with Crippen LogP contribution in [0.3, 0.4) is 0 Å². The molecule has 0 bridgehead atoms. The average Bonchev–Trinajstić information content (AvgIpc) is 3.12. The van der Waals surface area contributed by atoms with Crippen LogP contribution < -0.4 is 15.4 Å². The first-order chi connectivity index (χ1) is 12.5. The Bertz CT molecular complexity index is 764. The molecule has 9 heteroatoms. The minimum absolute atomic E-state index is 0. The van der Waals surface area contributed by atoms with Crippen LogP contribution in [0.2, 0.25) is 0 Å². The number of nitrogens with one attached hydrogen (secondary N) is 2. The second-order valence-electron chi connectivity index (χ2n) is 6.35. The van der Waals surface area contributed by atoms with Gasteiger partial charge in [0, 0.05) is 24.8 Å². The Morgan fingerprint density at radius 2 is 2.26 bits per heavy atom. The summed E-state index contributed by atoms with van der Waals surface area (Å²) >= 11 is 0. The second kappa shape index (κ2) is 9.66. The smallest absolute Gasteiger partial charge is 0.387 e. The Labute approximate surface area is 162 Å². The minimum Gasteiger partial charge on any atom is -0.434 e. The Morgan fingerprint density at radius 3 is 2.96 bits per heavy atom. The Morgan fingerprint density at radius 1 is 1.44 bits per heavy atom. The highest BCUT2D eigenvalue weighted by atomic mass is 35.5. The zero-order valence-electron chi connectivity index (χ0n) is 15.0. The molecule has 3 rings (SSSR count). The molecule has 2 aromatic rings. The molecule has 27 heavy (non-hydrogen) atoms. The molecule has 2 N–H and O–H groups in total. The van der Waals surface area contributed by atoms with Crippen molar-refractivity contribution in [2.75, 3.05) is 13.1 Å². The third-order valence-electron chi connectivity index (χ3n) is 4.36. The number of rotatable bonds is 6. The summed E-state index contributed by atoms with van der Waals surface area (Å²) in [5.74, 6) is -0.290. The van der Waals surface area contributed by atoms with Gasteiger partial charge in [-0.15, -0.1) is 12.4 Å². The number of halogens is 3. The van der Waals surface area contributed by atoms with Crippen LogP contribution in [0.25, 0.3) is 0 Å². The van der Waals surface area contributed by atoms with E-state index in [0.29, 0.717) is 11.3 Å². The van der Waals surface area contributed by atoms with E-state index in [1.807, 2.05) is 6.92 Å². The van der Waals surface area contributed by atoms with Crippen LogP contribution in [-0.2, 0) is 6.54 Å². The normalized spacial score (nSPS) is 16.7. The van der Waals surface area contributed by atoms with E-state index >= 15 is 0 Å². The first-order valence-electron chi connectivity index (χ1n) is 8.61. The molecule has 1 aliphatic rings. The van der Waals surface area contributed by atoms with Crippen LogP contribution in [0, 0.1) is 6.92 Å². The van der Waals surface area contributed by atoms with E-state index in [2.05, 4.69) is 20.5 Å². The molecule has 1 aliphatic heterocycles. The molecule has 1 atom stereocenters. The Kier molecular flexibility index (Phi) is 7.55.